The molecule has 2 N–H and O–H groups in total. The third-order valence-corrected chi connectivity index (χ3v) is 7.31. The lowest BCUT2D eigenvalue weighted by Gasteiger charge is -2.58. The Bertz CT molecular complexity index is 876. The van der Waals surface area contributed by atoms with Gasteiger partial charge in [-0.1, -0.05) is 18.2 Å². The molecule has 144 valence electrons. The molecule has 4 unspecified atom stereocenters. The van der Waals surface area contributed by atoms with Gasteiger partial charge in [0.1, 0.15) is 5.41 Å². The average Bonchev–Trinajstić information content (AvgIpc) is 3.04. The number of ether oxygens (including phenoxy) is 1. The molecular formula is C22H29N3O2. The van der Waals surface area contributed by atoms with Crippen LogP contribution in [0.3, 0.4) is 0 Å². The molecule has 1 aromatic carbocycles. The van der Waals surface area contributed by atoms with Gasteiger partial charge in [0.15, 0.2) is 0 Å². The van der Waals surface area contributed by atoms with Crippen LogP contribution in [0.1, 0.15) is 30.5 Å². The summed E-state index contributed by atoms with van der Waals surface area (Å²) in [7, 11) is 3.57. The first-order chi connectivity index (χ1) is 13.2. The van der Waals surface area contributed by atoms with E-state index < -0.39 is 5.41 Å². The summed E-state index contributed by atoms with van der Waals surface area (Å²) >= 11 is 0. The molecule has 1 aromatic heterocycles. The molecule has 4 aliphatic rings. The van der Waals surface area contributed by atoms with Crippen molar-refractivity contribution in [2.45, 2.75) is 37.1 Å². The number of para-hydroxylation sites is 1. The highest BCUT2D eigenvalue weighted by atomic mass is 16.5. The normalized spacial score (nSPS) is 34.3. The molecule has 2 aromatic rings. The lowest BCUT2D eigenvalue weighted by molar-refractivity contribution is -0.162. The second kappa shape index (κ2) is 6.35. The molecule has 0 amide bonds. The van der Waals surface area contributed by atoms with E-state index in [4.69, 9.17) is 4.74 Å². The number of benzene rings is 1. The van der Waals surface area contributed by atoms with Crippen LogP contribution < -0.4 is 5.32 Å². The average molecular weight is 367 g/mol. The summed E-state index contributed by atoms with van der Waals surface area (Å²) < 4.78 is 5.48. The number of aromatic amines is 1. The minimum atomic E-state index is -0.556. The highest BCUT2D eigenvalue weighted by molar-refractivity contribution is 5.91. The van der Waals surface area contributed by atoms with Crippen LogP contribution in [0.5, 0.6) is 0 Å². The van der Waals surface area contributed by atoms with Gasteiger partial charge in [0.05, 0.1) is 7.11 Å². The van der Waals surface area contributed by atoms with Crippen molar-refractivity contribution in [3.63, 3.8) is 0 Å². The molecule has 0 radical (unpaired) electrons. The van der Waals surface area contributed by atoms with E-state index in [-0.39, 0.29) is 12.0 Å². The zero-order valence-corrected chi connectivity index (χ0v) is 16.3. The maximum atomic E-state index is 13.4. The number of nitrogens with one attached hydrogen (secondary N) is 2. The summed E-state index contributed by atoms with van der Waals surface area (Å²) in [4.78, 5) is 19.7. The number of aromatic nitrogens is 1. The van der Waals surface area contributed by atoms with Crippen molar-refractivity contribution >= 4 is 16.9 Å². The Kier molecular flexibility index (Phi) is 4.06. The monoisotopic (exact) mass is 367 g/mol. The van der Waals surface area contributed by atoms with Gasteiger partial charge in [-0.25, -0.2) is 0 Å². The Morgan fingerprint density at radius 1 is 1.41 bits per heavy atom. The van der Waals surface area contributed by atoms with Crippen LogP contribution in [-0.2, 0) is 21.4 Å². The number of nitrogens with zero attached hydrogens (tertiary/aromatic N) is 1. The fourth-order valence-electron chi connectivity index (χ4n) is 6.48. The third-order valence-electron chi connectivity index (χ3n) is 7.31. The fourth-order valence-corrected chi connectivity index (χ4v) is 6.48. The van der Waals surface area contributed by atoms with Crippen molar-refractivity contribution in [3.8, 4) is 0 Å². The molecule has 0 spiro atoms. The van der Waals surface area contributed by atoms with Crippen molar-refractivity contribution in [2.24, 2.45) is 11.8 Å². The Morgan fingerprint density at radius 3 is 3.07 bits per heavy atom. The molecule has 5 heteroatoms. The Balaban J connectivity index is 1.72. The zero-order valence-electron chi connectivity index (χ0n) is 16.3. The van der Waals surface area contributed by atoms with E-state index in [2.05, 4.69) is 39.5 Å². The topological polar surface area (TPSA) is 57.4 Å². The summed E-state index contributed by atoms with van der Waals surface area (Å²) in [5.74, 6) is 1.04. The largest absolute Gasteiger partial charge is 0.468 e. The SMILES string of the molecule is CNCC[C@H]1CC2CN3CCc4c([nH]c5ccccc45)C(C(=O)OC)(C2)C13. The van der Waals surface area contributed by atoms with E-state index in [0.29, 0.717) is 11.8 Å². The zero-order chi connectivity index (χ0) is 18.6. The van der Waals surface area contributed by atoms with Crippen LogP contribution >= 0.6 is 0 Å². The minimum absolute atomic E-state index is 0.0499. The van der Waals surface area contributed by atoms with E-state index in [9.17, 15) is 4.79 Å². The molecule has 6 rings (SSSR count). The standard InChI is InChI=1S/C22H29N3O2/c1-23-9-7-15-11-14-12-22(21(26)27-2)19-17(8-10-25(13-14)20(15)22)16-5-3-4-6-18(16)24-19/h3-6,14-15,20,23-24H,7-13H2,1-2H3/t14?,15-,20?,22?/m0/s1. The van der Waals surface area contributed by atoms with Crippen molar-refractivity contribution < 1.29 is 9.53 Å². The van der Waals surface area contributed by atoms with Gasteiger partial charge in [0.25, 0.3) is 0 Å². The number of hydrogen-bond acceptors (Lipinski definition) is 4. The molecule has 2 saturated heterocycles. The van der Waals surface area contributed by atoms with Gasteiger partial charge in [0, 0.05) is 35.7 Å². The molecule has 5 nitrogen and oxygen atoms in total. The van der Waals surface area contributed by atoms with E-state index in [1.54, 1.807) is 7.11 Å². The van der Waals surface area contributed by atoms with Gasteiger partial charge in [-0.05, 0) is 62.7 Å². The number of H-pyrrole nitrogens is 1. The summed E-state index contributed by atoms with van der Waals surface area (Å²) in [5.41, 5.74) is 3.06. The van der Waals surface area contributed by atoms with Gasteiger partial charge in [-0.15, -0.1) is 0 Å². The molecule has 4 bridgehead atoms. The number of hydrogen-bond donors (Lipinski definition) is 2. The highest BCUT2D eigenvalue weighted by Gasteiger charge is 2.62. The smallest absolute Gasteiger partial charge is 0.319 e. The molecular weight excluding hydrogens is 338 g/mol. The van der Waals surface area contributed by atoms with Gasteiger partial charge < -0.3 is 15.0 Å². The Labute approximate surface area is 160 Å². The Morgan fingerprint density at radius 2 is 2.26 bits per heavy atom. The predicted octanol–water partition coefficient (Wildman–Crippen LogP) is 2.45. The summed E-state index contributed by atoms with van der Waals surface area (Å²) in [6, 6.07) is 8.72. The van der Waals surface area contributed by atoms with E-state index in [0.717, 1.165) is 50.1 Å². The van der Waals surface area contributed by atoms with Gasteiger partial charge in [-0.2, -0.15) is 0 Å². The molecule has 5 atom stereocenters. The molecule has 1 saturated carbocycles. The number of esters is 1. The van der Waals surface area contributed by atoms with E-state index >= 15 is 0 Å². The summed E-state index contributed by atoms with van der Waals surface area (Å²) in [6.07, 6.45) is 4.26. The lowest BCUT2D eigenvalue weighted by atomic mass is 9.56. The second-order valence-electron chi connectivity index (χ2n) is 8.64. The highest BCUT2D eigenvalue weighted by Crippen LogP contribution is 2.55. The first kappa shape index (κ1) is 17.3. The number of piperidine rings is 2. The summed E-state index contributed by atoms with van der Waals surface area (Å²) in [6.45, 7) is 3.16. The van der Waals surface area contributed by atoms with Crippen molar-refractivity contribution in [3.05, 3.63) is 35.5 Å². The van der Waals surface area contributed by atoms with Crippen LogP contribution in [0.4, 0.5) is 0 Å². The first-order valence-corrected chi connectivity index (χ1v) is 10.3. The van der Waals surface area contributed by atoms with Gasteiger partial charge in [-0.3, -0.25) is 9.69 Å². The lowest BCUT2D eigenvalue weighted by Crippen LogP contribution is -2.67. The van der Waals surface area contributed by atoms with Crippen LogP contribution in [-0.4, -0.2) is 55.7 Å². The molecule has 4 heterocycles. The first-order valence-electron chi connectivity index (χ1n) is 10.3. The Hall–Kier alpha value is -1.85. The third kappa shape index (κ3) is 2.34. The van der Waals surface area contributed by atoms with Gasteiger partial charge >= 0.3 is 5.97 Å². The second-order valence-corrected chi connectivity index (χ2v) is 8.64. The quantitative estimate of drug-likeness (QED) is 0.815. The number of methoxy groups -OCH3 is 1. The van der Waals surface area contributed by atoms with Crippen LogP contribution in [0, 0.1) is 11.8 Å². The van der Waals surface area contributed by atoms with Crippen LogP contribution in [0.2, 0.25) is 0 Å². The van der Waals surface area contributed by atoms with Crippen LogP contribution in [0.15, 0.2) is 24.3 Å². The van der Waals surface area contributed by atoms with Crippen LogP contribution in [0.25, 0.3) is 10.9 Å². The molecule has 1 aliphatic carbocycles. The van der Waals surface area contributed by atoms with Crippen molar-refractivity contribution in [1.82, 2.24) is 15.2 Å². The maximum absolute atomic E-state index is 13.4. The number of carbonyl (C=O) groups is 1. The predicted molar refractivity (Wildman–Crippen MR) is 106 cm³/mol. The number of fused-ring (bicyclic) bond motifs is 4. The number of carbonyl (C=O) groups excluding carboxylic acids is 1. The van der Waals surface area contributed by atoms with Crippen molar-refractivity contribution in [1.29, 1.82) is 0 Å². The van der Waals surface area contributed by atoms with E-state index in [1.165, 1.54) is 17.4 Å². The summed E-state index contributed by atoms with van der Waals surface area (Å²) in [5, 5.41) is 4.58. The van der Waals surface area contributed by atoms with Crippen molar-refractivity contribution in [2.75, 3.05) is 33.8 Å². The number of rotatable bonds is 4. The maximum Gasteiger partial charge on any atom is 0.319 e. The van der Waals surface area contributed by atoms with Gasteiger partial charge in [0.2, 0.25) is 0 Å². The molecule has 3 fully saturated rings. The van der Waals surface area contributed by atoms with E-state index in [1.807, 2.05) is 7.05 Å². The fraction of sp³-hybridized carbons (Fsp3) is 0.591. The molecule has 27 heavy (non-hydrogen) atoms. The minimum Gasteiger partial charge on any atom is -0.468 e. The molecule has 3 aliphatic heterocycles.